The molecule has 110 valence electrons. The molecular formula is C14H16N4O3. The van der Waals surface area contributed by atoms with Crippen LogP contribution in [0.4, 0.5) is 10.5 Å². The van der Waals surface area contributed by atoms with Crippen LogP contribution in [0.3, 0.4) is 0 Å². The molecule has 0 fully saturated rings. The molecule has 0 saturated carbocycles. The maximum atomic E-state index is 12.0. The van der Waals surface area contributed by atoms with Crippen molar-refractivity contribution in [1.82, 2.24) is 14.7 Å². The first-order valence-corrected chi connectivity index (χ1v) is 6.28. The van der Waals surface area contributed by atoms with E-state index in [0.29, 0.717) is 12.2 Å². The van der Waals surface area contributed by atoms with Gasteiger partial charge in [0.15, 0.2) is 0 Å². The molecule has 21 heavy (non-hydrogen) atoms. The van der Waals surface area contributed by atoms with E-state index in [1.165, 1.54) is 17.0 Å². The highest BCUT2D eigenvalue weighted by molar-refractivity contribution is 5.91. The molecule has 0 aliphatic rings. The van der Waals surface area contributed by atoms with Crippen LogP contribution in [0.2, 0.25) is 0 Å². The minimum absolute atomic E-state index is 0.178. The second-order valence-corrected chi connectivity index (χ2v) is 4.69. The average molecular weight is 288 g/mol. The number of carbonyl (C=O) groups is 2. The van der Waals surface area contributed by atoms with Crippen LogP contribution in [-0.2, 0) is 13.6 Å². The van der Waals surface area contributed by atoms with Crippen LogP contribution in [0.25, 0.3) is 0 Å². The van der Waals surface area contributed by atoms with Gasteiger partial charge in [-0.1, -0.05) is 0 Å². The lowest BCUT2D eigenvalue weighted by Gasteiger charge is -2.17. The summed E-state index contributed by atoms with van der Waals surface area (Å²) >= 11 is 0. The number of aryl methyl sites for hydroxylation is 1. The number of rotatable bonds is 4. The normalized spacial score (nSPS) is 10.2. The van der Waals surface area contributed by atoms with Crippen molar-refractivity contribution in [2.24, 2.45) is 7.05 Å². The molecule has 0 aliphatic carbocycles. The van der Waals surface area contributed by atoms with E-state index >= 15 is 0 Å². The van der Waals surface area contributed by atoms with E-state index in [1.54, 1.807) is 30.1 Å². The maximum absolute atomic E-state index is 12.0. The summed E-state index contributed by atoms with van der Waals surface area (Å²) in [6.07, 6.45) is 3.54. The summed E-state index contributed by atoms with van der Waals surface area (Å²) in [6, 6.07) is 5.72. The van der Waals surface area contributed by atoms with Crippen LogP contribution < -0.4 is 5.32 Å². The molecule has 0 atom stereocenters. The maximum Gasteiger partial charge on any atom is 0.335 e. The van der Waals surface area contributed by atoms with E-state index in [-0.39, 0.29) is 11.6 Å². The van der Waals surface area contributed by atoms with Crippen molar-refractivity contribution in [3.63, 3.8) is 0 Å². The van der Waals surface area contributed by atoms with Crippen LogP contribution in [0.1, 0.15) is 15.9 Å². The Kier molecular flexibility index (Phi) is 4.22. The summed E-state index contributed by atoms with van der Waals surface area (Å²) in [5.41, 5.74) is 1.65. The molecule has 7 heteroatoms. The van der Waals surface area contributed by atoms with Crippen LogP contribution in [0.15, 0.2) is 36.7 Å². The average Bonchev–Trinajstić information content (AvgIpc) is 2.84. The molecule has 1 heterocycles. The zero-order valence-corrected chi connectivity index (χ0v) is 11.8. The highest BCUT2D eigenvalue weighted by Crippen LogP contribution is 2.11. The number of urea groups is 1. The SMILES string of the molecule is CN(Cc1cnn(C)c1)C(=O)Nc1ccc(C(=O)O)cc1. The zero-order valence-electron chi connectivity index (χ0n) is 11.8. The van der Waals surface area contributed by atoms with Crippen molar-refractivity contribution in [2.75, 3.05) is 12.4 Å². The van der Waals surface area contributed by atoms with E-state index in [0.717, 1.165) is 5.56 Å². The highest BCUT2D eigenvalue weighted by Gasteiger charge is 2.11. The summed E-state index contributed by atoms with van der Waals surface area (Å²) in [7, 11) is 3.49. The first kappa shape index (κ1) is 14.6. The molecule has 1 aromatic heterocycles. The van der Waals surface area contributed by atoms with Crippen LogP contribution >= 0.6 is 0 Å². The van der Waals surface area contributed by atoms with Gasteiger partial charge < -0.3 is 15.3 Å². The number of amides is 2. The first-order valence-electron chi connectivity index (χ1n) is 6.28. The first-order chi connectivity index (χ1) is 9.95. The third-order valence-corrected chi connectivity index (χ3v) is 2.91. The molecule has 0 bridgehead atoms. The van der Waals surface area contributed by atoms with Gasteiger partial charge in [0.2, 0.25) is 0 Å². The minimum atomic E-state index is -0.999. The second kappa shape index (κ2) is 6.08. The molecule has 2 N–H and O–H groups in total. The number of nitrogens with one attached hydrogen (secondary N) is 1. The molecule has 2 aromatic rings. The third-order valence-electron chi connectivity index (χ3n) is 2.91. The monoisotopic (exact) mass is 288 g/mol. The topological polar surface area (TPSA) is 87.5 Å². The number of aromatic carboxylic acids is 1. The van der Waals surface area contributed by atoms with E-state index in [4.69, 9.17) is 5.11 Å². The molecule has 7 nitrogen and oxygen atoms in total. The van der Waals surface area contributed by atoms with Crippen molar-refractivity contribution in [2.45, 2.75) is 6.54 Å². The standard InChI is InChI=1S/C14H16N4O3/c1-17(8-10-7-15-18(2)9-10)14(21)16-12-5-3-11(4-6-12)13(19)20/h3-7,9H,8H2,1-2H3,(H,16,21)(H,19,20). The van der Waals surface area contributed by atoms with Crippen molar-refractivity contribution in [1.29, 1.82) is 0 Å². The number of carbonyl (C=O) groups excluding carboxylic acids is 1. The summed E-state index contributed by atoms with van der Waals surface area (Å²) in [4.78, 5) is 24.3. The van der Waals surface area contributed by atoms with Gasteiger partial charge in [-0.25, -0.2) is 9.59 Å². The van der Waals surface area contributed by atoms with Crippen molar-refractivity contribution in [3.05, 3.63) is 47.8 Å². The predicted octanol–water partition coefficient (Wildman–Crippen LogP) is 1.78. The van der Waals surface area contributed by atoms with Gasteiger partial charge in [-0.15, -0.1) is 0 Å². The number of hydrogen-bond donors (Lipinski definition) is 2. The quantitative estimate of drug-likeness (QED) is 0.897. The number of carboxylic acid groups (broad SMARTS) is 1. The summed E-state index contributed by atoms with van der Waals surface area (Å²) in [5.74, 6) is -0.999. The molecule has 0 aliphatic heterocycles. The second-order valence-electron chi connectivity index (χ2n) is 4.69. The number of nitrogens with zero attached hydrogens (tertiary/aromatic N) is 3. The Morgan fingerprint density at radius 1 is 1.33 bits per heavy atom. The molecule has 1 aromatic carbocycles. The molecule has 2 rings (SSSR count). The Bertz CT molecular complexity index is 648. The van der Waals surface area contributed by atoms with Crippen molar-refractivity contribution in [3.8, 4) is 0 Å². The summed E-state index contributed by atoms with van der Waals surface area (Å²) in [6.45, 7) is 0.437. The van der Waals surface area contributed by atoms with Gasteiger partial charge in [-0.3, -0.25) is 4.68 Å². The Labute approximate surface area is 121 Å². The largest absolute Gasteiger partial charge is 0.478 e. The van der Waals surface area contributed by atoms with Gasteiger partial charge in [-0.2, -0.15) is 5.10 Å². The third kappa shape index (κ3) is 3.82. The lowest BCUT2D eigenvalue weighted by molar-refractivity contribution is 0.0697. The van der Waals surface area contributed by atoms with Gasteiger partial charge in [0.05, 0.1) is 18.3 Å². The van der Waals surface area contributed by atoms with Gasteiger partial charge >= 0.3 is 12.0 Å². The molecular weight excluding hydrogens is 272 g/mol. The lowest BCUT2D eigenvalue weighted by atomic mass is 10.2. The fourth-order valence-corrected chi connectivity index (χ4v) is 1.81. The summed E-state index contributed by atoms with van der Waals surface area (Å²) < 4.78 is 1.67. The van der Waals surface area contributed by atoms with Gasteiger partial charge in [0.1, 0.15) is 0 Å². The fourth-order valence-electron chi connectivity index (χ4n) is 1.81. The van der Waals surface area contributed by atoms with Gasteiger partial charge in [0, 0.05) is 31.5 Å². The van der Waals surface area contributed by atoms with Crippen LogP contribution in [-0.4, -0.2) is 38.8 Å². The Balaban J connectivity index is 1.95. The van der Waals surface area contributed by atoms with E-state index in [9.17, 15) is 9.59 Å². The van der Waals surface area contributed by atoms with E-state index < -0.39 is 5.97 Å². The van der Waals surface area contributed by atoms with Gasteiger partial charge in [0.25, 0.3) is 0 Å². The Hall–Kier alpha value is -2.83. The number of carboxylic acids is 1. The smallest absolute Gasteiger partial charge is 0.335 e. The van der Waals surface area contributed by atoms with Crippen LogP contribution in [0, 0.1) is 0 Å². The van der Waals surface area contributed by atoms with Crippen molar-refractivity contribution < 1.29 is 14.7 Å². The molecule has 0 spiro atoms. The number of benzene rings is 1. The van der Waals surface area contributed by atoms with E-state index in [2.05, 4.69) is 10.4 Å². The summed E-state index contributed by atoms with van der Waals surface area (Å²) in [5, 5.41) is 15.6. The lowest BCUT2D eigenvalue weighted by Crippen LogP contribution is -2.30. The number of hydrogen-bond acceptors (Lipinski definition) is 3. The Morgan fingerprint density at radius 2 is 2.00 bits per heavy atom. The molecule has 2 amide bonds. The molecule has 0 unspecified atom stereocenters. The molecule has 0 saturated heterocycles. The predicted molar refractivity (Wildman–Crippen MR) is 77.1 cm³/mol. The fraction of sp³-hybridized carbons (Fsp3) is 0.214. The number of aromatic nitrogens is 2. The van der Waals surface area contributed by atoms with Crippen molar-refractivity contribution >= 4 is 17.7 Å². The zero-order chi connectivity index (χ0) is 15.4. The van der Waals surface area contributed by atoms with E-state index in [1.807, 2.05) is 13.2 Å². The Morgan fingerprint density at radius 3 is 2.52 bits per heavy atom. The minimum Gasteiger partial charge on any atom is -0.478 e. The molecule has 0 radical (unpaired) electrons. The van der Waals surface area contributed by atoms with Gasteiger partial charge in [-0.05, 0) is 24.3 Å². The van der Waals surface area contributed by atoms with Crippen LogP contribution in [0.5, 0.6) is 0 Å². The number of anilines is 1. The highest BCUT2D eigenvalue weighted by atomic mass is 16.4.